The first kappa shape index (κ1) is 12.2. The number of ketones is 1. The average Bonchev–Trinajstić information content (AvgIpc) is 2.74. The molecule has 4 heteroatoms. The lowest BCUT2D eigenvalue weighted by atomic mass is 10.3. The Labute approximate surface area is 114 Å². The van der Waals surface area contributed by atoms with Crippen LogP contribution in [0.1, 0.15) is 10.5 Å². The van der Waals surface area contributed by atoms with Crippen LogP contribution in [0.5, 0.6) is 5.75 Å². The molecule has 2 aromatic rings. The first-order valence-corrected chi connectivity index (χ1v) is 6.27. The van der Waals surface area contributed by atoms with Gasteiger partial charge >= 0.3 is 0 Å². The number of rotatable bonds is 4. The van der Waals surface area contributed by atoms with Crippen molar-refractivity contribution in [2.75, 3.05) is 6.61 Å². The maximum atomic E-state index is 11.8. The van der Waals surface area contributed by atoms with E-state index in [1.165, 1.54) is 0 Å². The zero-order chi connectivity index (χ0) is 12.3. The van der Waals surface area contributed by atoms with Crippen molar-refractivity contribution in [1.82, 2.24) is 4.57 Å². The van der Waals surface area contributed by atoms with E-state index in [0.717, 1.165) is 3.57 Å². The molecule has 0 fully saturated rings. The van der Waals surface area contributed by atoms with Gasteiger partial charge in [-0.1, -0.05) is 0 Å². The third kappa shape index (κ3) is 3.09. The SMILES string of the molecule is Cn1cccc1C(=O)COc1ccc(I)cc1. The van der Waals surface area contributed by atoms with E-state index in [9.17, 15) is 4.79 Å². The summed E-state index contributed by atoms with van der Waals surface area (Å²) in [7, 11) is 1.85. The zero-order valence-electron chi connectivity index (χ0n) is 9.39. The first-order valence-electron chi connectivity index (χ1n) is 5.20. The summed E-state index contributed by atoms with van der Waals surface area (Å²) in [5.74, 6) is 0.698. The van der Waals surface area contributed by atoms with Gasteiger partial charge in [-0.3, -0.25) is 4.79 Å². The average molecular weight is 341 g/mol. The van der Waals surface area contributed by atoms with Gasteiger partial charge in [-0.15, -0.1) is 0 Å². The number of halogens is 1. The monoisotopic (exact) mass is 341 g/mol. The van der Waals surface area contributed by atoms with Crippen LogP contribution in [0.15, 0.2) is 42.6 Å². The molecule has 1 heterocycles. The van der Waals surface area contributed by atoms with Gasteiger partial charge in [-0.25, -0.2) is 0 Å². The molecule has 0 N–H and O–H groups in total. The topological polar surface area (TPSA) is 31.2 Å². The van der Waals surface area contributed by atoms with E-state index < -0.39 is 0 Å². The molecule has 1 aromatic heterocycles. The van der Waals surface area contributed by atoms with Crippen LogP contribution in [-0.4, -0.2) is 17.0 Å². The zero-order valence-corrected chi connectivity index (χ0v) is 11.5. The van der Waals surface area contributed by atoms with E-state index >= 15 is 0 Å². The van der Waals surface area contributed by atoms with E-state index in [0.29, 0.717) is 11.4 Å². The fourth-order valence-corrected chi connectivity index (χ4v) is 1.86. The molecular weight excluding hydrogens is 329 g/mol. The summed E-state index contributed by atoms with van der Waals surface area (Å²) < 4.78 is 8.37. The van der Waals surface area contributed by atoms with Crippen LogP contribution in [-0.2, 0) is 7.05 Å². The highest BCUT2D eigenvalue weighted by atomic mass is 127. The Hall–Kier alpha value is -1.30. The Kier molecular flexibility index (Phi) is 3.83. The summed E-state index contributed by atoms with van der Waals surface area (Å²) in [5, 5.41) is 0. The van der Waals surface area contributed by atoms with E-state index in [1.807, 2.05) is 43.6 Å². The summed E-state index contributed by atoms with van der Waals surface area (Å²) in [6.45, 7) is 0.0679. The first-order chi connectivity index (χ1) is 8.16. The molecule has 0 unspecified atom stereocenters. The lowest BCUT2D eigenvalue weighted by Gasteiger charge is -2.06. The van der Waals surface area contributed by atoms with Crippen LogP contribution in [0.3, 0.4) is 0 Å². The van der Waals surface area contributed by atoms with Crippen LogP contribution < -0.4 is 4.74 Å². The fourth-order valence-electron chi connectivity index (χ4n) is 1.50. The molecular formula is C13H12INO2. The largest absolute Gasteiger partial charge is 0.485 e. The molecule has 0 aliphatic rings. The molecule has 88 valence electrons. The van der Waals surface area contributed by atoms with E-state index in [2.05, 4.69) is 22.6 Å². The predicted octanol–water partition coefficient (Wildman–Crippen LogP) is 2.89. The van der Waals surface area contributed by atoms with Crippen LogP contribution in [0.4, 0.5) is 0 Å². The third-order valence-electron chi connectivity index (χ3n) is 2.41. The van der Waals surface area contributed by atoms with Crippen molar-refractivity contribution in [2.24, 2.45) is 7.05 Å². The molecule has 0 aliphatic heterocycles. The molecule has 2 rings (SSSR count). The number of ether oxygens (including phenoxy) is 1. The van der Waals surface area contributed by atoms with Gasteiger partial charge in [0.15, 0.2) is 6.61 Å². The summed E-state index contributed by atoms with van der Waals surface area (Å²) in [6.07, 6.45) is 1.85. The number of nitrogens with zero attached hydrogens (tertiary/aromatic N) is 1. The van der Waals surface area contributed by atoms with Crippen LogP contribution in [0.25, 0.3) is 0 Å². The minimum absolute atomic E-state index is 0.0175. The van der Waals surface area contributed by atoms with Crippen molar-refractivity contribution in [2.45, 2.75) is 0 Å². The van der Waals surface area contributed by atoms with E-state index in [1.54, 1.807) is 10.6 Å². The van der Waals surface area contributed by atoms with Gasteiger partial charge in [-0.05, 0) is 59.0 Å². The summed E-state index contributed by atoms with van der Waals surface area (Å²) in [4.78, 5) is 11.8. The standard InChI is InChI=1S/C13H12INO2/c1-15-8-2-3-12(15)13(16)9-17-11-6-4-10(14)5-7-11/h2-8H,9H2,1H3. The highest BCUT2D eigenvalue weighted by molar-refractivity contribution is 14.1. The summed E-state index contributed by atoms with van der Waals surface area (Å²) >= 11 is 2.23. The van der Waals surface area contributed by atoms with Gasteiger partial charge < -0.3 is 9.30 Å². The number of Topliss-reactive ketones (excluding diaryl/α,β-unsaturated/α-hetero) is 1. The Morgan fingerprint density at radius 2 is 2.00 bits per heavy atom. The van der Waals surface area contributed by atoms with Gasteiger partial charge in [0, 0.05) is 16.8 Å². The number of benzene rings is 1. The van der Waals surface area contributed by atoms with Crippen molar-refractivity contribution in [3.05, 3.63) is 51.9 Å². The highest BCUT2D eigenvalue weighted by Gasteiger charge is 2.09. The second kappa shape index (κ2) is 5.35. The quantitative estimate of drug-likeness (QED) is 0.633. The maximum Gasteiger partial charge on any atom is 0.216 e. The van der Waals surface area contributed by atoms with E-state index in [4.69, 9.17) is 4.74 Å². The molecule has 0 bridgehead atoms. The molecule has 0 saturated carbocycles. The highest BCUT2D eigenvalue weighted by Crippen LogP contribution is 2.13. The Morgan fingerprint density at radius 3 is 2.59 bits per heavy atom. The Balaban J connectivity index is 1.97. The molecule has 1 aromatic carbocycles. The molecule has 0 radical (unpaired) electrons. The molecule has 0 aliphatic carbocycles. The molecule has 0 amide bonds. The van der Waals surface area contributed by atoms with E-state index in [-0.39, 0.29) is 12.4 Å². The van der Waals surface area contributed by atoms with Gasteiger partial charge in [0.2, 0.25) is 5.78 Å². The minimum atomic E-state index is -0.0175. The minimum Gasteiger partial charge on any atom is -0.485 e. The number of hydrogen-bond acceptors (Lipinski definition) is 2. The number of hydrogen-bond donors (Lipinski definition) is 0. The maximum absolute atomic E-state index is 11.8. The number of carbonyl (C=O) groups excluding carboxylic acids is 1. The van der Waals surface area contributed by atoms with Crippen LogP contribution in [0, 0.1) is 3.57 Å². The molecule has 0 saturated heterocycles. The lowest BCUT2D eigenvalue weighted by Crippen LogP contribution is -2.14. The lowest BCUT2D eigenvalue weighted by molar-refractivity contribution is 0.0913. The molecule has 17 heavy (non-hydrogen) atoms. The second-order valence-corrected chi connectivity index (χ2v) is 4.92. The second-order valence-electron chi connectivity index (χ2n) is 3.67. The van der Waals surface area contributed by atoms with Gasteiger partial charge in [-0.2, -0.15) is 0 Å². The Bertz CT molecular complexity index is 516. The number of carbonyl (C=O) groups is 1. The summed E-state index contributed by atoms with van der Waals surface area (Å²) in [6, 6.07) is 11.3. The molecule has 3 nitrogen and oxygen atoms in total. The van der Waals surface area contributed by atoms with Crippen molar-refractivity contribution in [3.8, 4) is 5.75 Å². The summed E-state index contributed by atoms with van der Waals surface area (Å²) in [5.41, 5.74) is 0.663. The van der Waals surface area contributed by atoms with Gasteiger partial charge in [0.05, 0.1) is 5.69 Å². The smallest absolute Gasteiger partial charge is 0.216 e. The molecule has 0 atom stereocenters. The van der Waals surface area contributed by atoms with Crippen LogP contribution in [0.2, 0.25) is 0 Å². The third-order valence-corrected chi connectivity index (χ3v) is 3.13. The van der Waals surface area contributed by atoms with Crippen LogP contribution >= 0.6 is 22.6 Å². The number of aryl methyl sites for hydroxylation is 1. The van der Waals surface area contributed by atoms with Crippen molar-refractivity contribution < 1.29 is 9.53 Å². The van der Waals surface area contributed by atoms with Crippen molar-refractivity contribution in [1.29, 1.82) is 0 Å². The normalized spacial score (nSPS) is 10.2. The van der Waals surface area contributed by atoms with Gasteiger partial charge in [0.25, 0.3) is 0 Å². The fraction of sp³-hybridized carbons (Fsp3) is 0.154. The Morgan fingerprint density at radius 1 is 1.29 bits per heavy atom. The van der Waals surface area contributed by atoms with Crippen molar-refractivity contribution in [3.63, 3.8) is 0 Å². The number of aromatic nitrogens is 1. The molecule has 0 spiro atoms. The predicted molar refractivity (Wildman–Crippen MR) is 74.4 cm³/mol. The van der Waals surface area contributed by atoms with Crippen molar-refractivity contribution >= 4 is 28.4 Å². The van der Waals surface area contributed by atoms with Gasteiger partial charge in [0.1, 0.15) is 5.75 Å².